The molecule has 0 aliphatic carbocycles. The quantitative estimate of drug-likeness (QED) is 0.0468. The minimum atomic E-state index is -4.53. The van der Waals surface area contributed by atoms with Crippen LogP contribution in [0.1, 0.15) is 155 Å². The largest absolute Gasteiger partial charge is 0.756 e. The number of unbranched alkanes of at least 4 members (excludes halogenated alkanes) is 18. The highest BCUT2D eigenvalue weighted by Gasteiger charge is 2.24. The second-order valence-electron chi connectivity index (χ2n) is 13.2. The van der Waals surface area contributed by atoms with E-state index in [1.165, 1.54) is 89.9 Å². The highest BCUT2D eigenvalue weighted by Crippen LogP contribution is 2.38. The Morgan fingerprint density at radius 2 is 1.17 bits per heavy atom. The van der Waals surface area contributed by atoms with Gasteiger partial charge in [-0.05, 0) is 12.8 Å². The molecule has 42 heavy (non-hydrogen) atoms. The second-order valence-corrected chi connectivity index (χ2v) is 14.6. The normalized spacial score (nSPS) is 14.9. The van der Waals surface area contributed by atoms with Crippen molar-refractivity contribution in [1.82, 2.24) is 5.32 Å². The van der Waals surface area contributed by atoms with Crippen LogP contribution in [0.2, 0.25) is 0 Å². The molecule has 0 aromatic carbocycles. The molecule has 9 heteroatoms. The molecule has 252 valence electrons. The van der Waals surface area contributed by atoms with Gasteiger partial charge in [-0.15, -0.1) is 0 Å². The number of hydrogen-bond acceptors (Lipinski definition) is 6. The maximum atomic E-state index is 12.7. The first-order valence-corrected chi connectivity index (χ1v) is 18.8. The predicted octanol–water partition coefficient (Wildman–Crippen LogP) is 7.66. The van der Waals surface area contributed by atoms with Crippen molar-refractivity contribution in [3.05, 3.63) is 0 Å². The van der Waals surface area contributed by atoms with E-state index in [0.717, 1.165) is 38.5 Å². The van der Waals surface area contributed by atoms with Gasteiger partial charge in [0.05, 0.1) is 39.9 Å². The number of carbonyl (C=O) groups excluding carboxylic acids is 1. The van der Waals surface area contributed by atoms with Gasteiger partial charge in [-0.3, -0.25) is 9.36 Å². The molecule has 0 aliphatic rings. The summed E-state index contributed by atoms with van der Waals surface area (Å²) in [5.41, 5.74) is 0. The minimum Gasteiger partial charge on any atom is -0.756 e. The summed E-state index contributed by atoms with van der Waals surface area (Å²) in [6.07, 6.45) is 24.1. The highest BCUT2D eigenvalue weighted by atomic mass is 31.2. The molecule has 0 fully saturated rings. The van der Waals surface area contributed by atoms with Gasteiger partial charge in [0.1, 0.15) is 13.2 Å². The van der Waals surface area contributed by atoms with E-state index in [-0.39, 0.29) is 19.1 Å². The standard InChI is InChI=1S/C33H69N2O6P/c1-6-8-10-12-14-15-16-17-18-19-20-21-23-25-27-33(37)34-31(32(36)26-24-22-13-11-9-7-2)30-41-42(38,39)40-29-28-35(3,4)5/h31-32,36H,6-30H2,1-5H3,(H-,34,37,38,39). The van der Waals surface area contributed by atoms with Crippen molar-refractivity contribution in [2.45, 2.75) is 167 Å². The first-order valence-electron chi connectivity index (χ1n) is 17.4. The summed E-state index contributed by atoms with van der Waals surface area (Å²) in [5.74, 6) is -0.170. The lowest BCUT2D eigenvalue weighted by molar-refractivity contribution is -0.870. The number of aliphatic hydroxyl groups excluding tert-OH is 1. The van der Waals surface area contributed by atoms with E-state index in [0.29, 0.717) is 23.9 Å². The third-order valence-corrected chi connectivity index (χ3v) is 8.81. The molecular formula is C33H69N2O6P. The van der Waals surface area contributed by atoms with Crippen molar-refractivity contribution in [3.8, 4) is 0 Å². The summed E-state index contributed by atoms with van der Waals surface area (Å²) in [6, 6.07) is -0.788. The summed E-state index contributed by atoms with van der Waals surface area (Å²) in [7, 11) is 1.31. The summed E-state index contributed by atoms with van der Waals surface area (Å²) in [5, 5.41) is 13.6. The number of rotatable bonds is 31. The third kappa shape index (κ3) is 28.3. The van der Waals surface area contributed by atoms with E-state index in [4.69, 9.17) is 9.05 Å². The molecular weight excluding hydrogens is 551 g/mol. The number of likely N-dealkylation sites (N-methyl/N-ethyl adjacent to an activating group) is 1. The van der Waals surface area contributed by atoms with Crippen LogP contribution in [0.5, 0.6) is 0 Å². The third-order valence-electron chi connectivity index (χ3n) is 7.85. The number of aliphatic hydroxyl groups is 1. The summed E-state index contributed by atoms with van der Waals surface area (Å²) in [4.78, 5) is 25.0. The Labute approximate surface area is 259 Å². The fourth-order valence-electron chi connectivity index (χ4n) is 4.98. The van der Waals surface area contributed by atoms with Crippen molar-refractivity contribution in [2.75, 3.05) is 40.9 Å². The number of carbonyl (C=O) groups is 1. The predicted molar refractivity (Wildman–Crippen MR) is 173 cm³/mol. The van der Waals surface area contributed by atoms with Crippen LogP contribution in [0.25, 0.3) is 0 Å². The number of hydrogen-bond donors (Lipinski definition) is 2. The van der Waals surface area contributed by atoms with Crippen LogP contribution in [-0.4, -0.2) is 68.5 Å². The molecule has 8 nitrogen and oxygen atoms in total. The van der Waals surface area contributed by atoms with Crippen LogP contribution in [0, 0.1) is 0 Å². The average Bonchev–Trinajstić information content (AvgIpc) is 2.92. The molecule has 3 atom stereocenters. The lowest BCUT2D eigenvalue weighted by Crippen LogP contribution is -2.46. The Morgan fingerprint density at radius 1 is 0.738 bits per heavy atom. The van der Waals surface area contributed by atoms with Crippen LogP contribution in [0.4, 0.5) is 0 Å². The monoisotopic (exact) mass is 620 g/mol. The zero-order chi connectivity index (χ0) is 31.5. The molecule has 0 saturated heterocycles. The molecule has 2 N–H and O–H groups in total. The highest BCUT2D eigenvalue weighted by molar-refractivity contribution is 7.45. The van der Waals surface area contributed by atoms with Gasteiger partial charge in [0.2, 0.25) is 5.91 Å². The first-order chi connectivity index (χ1) is 20.0. The van der Waals surface area contributed by atoms with E-state index < -0.39 is 20.0 Å². The van der Waals surface area contributed by atoms with E-state index in [2.05, 4.69) is 19.2 Å². The number of nitrogens with one attached hydrogen (secondary N) is 1. The van der Waals surface area contributed by atoms with Crippen molar-refractivity contribution in [1.29, 1.82) is 0 Å². The van der Waals surface area contributed by atoms with Crippen LogP contribution in [0.3, 0.4) is 0 Å². The fraction of sp³-hybridized carbons (Fsp3) is 0.970. The fourth-order valence-corrected chi connectivity index (χ4v) is 5.70. The summed E-state index contributed by atoms with van der Waals surface area (Å²) in [6.45, 7) is 4.63. The van der Waals surface area contributed by atoms with Crippen molar-refractivity contribution < 1.29 is 32.9 Å². The van der Waals surface area contributed by atoms with E-state index >= 15 is 0 Å². The first kappa shape index (κ1) is 41.5. The molecule has 1 amide bonds. The Kier molecular flexibility index (Phi) is 26.5. The lowest BCUT2D eigenvalue weighted by Gasteiger charge is -2.30. The van der Waals surface area contributed by atoms with Crippen molar-refractivity contribution in [2.24, 2.45) is 0 Å². The molecule has 0 aromatic rings. The van der Waals surface area contributed by atoms with E-state index in [1.807, 2.05) is 21.1 Å². The van der Waals surface area contributed by atoms with Crippen LogP contribution in [0.15, 0.2) is 0 Å². The zero-order valence-corrected chi connectivity index (χ0v) is 29.1. The Morgan fingerprint density at radius 3 is 1.62 bits per heavy atom. The Bertz CT molecular complexity index is 673. The van der Waals surface area contributed by atoms with Gasteiger partial charge in [-0.2, -0.15) is 0 Å². The van der Waals surface area contributed by atoms with Gasteiger partial charge in [0.25, 0.3) is 7.82 Å². The topological polar surface area (TPSA) is 108 Å². The van der Waals surface area contributed by atoms with Gasteiger partial charge in [0, 0.05) is 6.42 Å². The molecule has 0 saturated carbocycles. The summed E-state index contributed by atoms with van der Waals surface area (Å²) < 4.78 is 23.0. The van der Waals surface area contributed by atoms with Gasteiger partial charge >= 0.3 is 0 Å². The van der Waals surface area contributed by atoms with Gasteiger partial charge in [0.15, 0.2) is 0 Å². The molecule has 3 unspecified atom stereocenters. The zero-order valence-electron chi connectivity index (χ0n) is 28.2. The van der Waals surface area contributed by atoms with Gasteiger partial charge in [-0.1, -0.05) is 136 Å². The van der Waals surface area contributed by atoms with Crippen LogP contribution >= 0.6 is 7.82 Å². The molecule has 0 aromatic heterocycles. The Balaban J connectivity index is 4.36. The lowest BCUT2D eigenvalue weighted by atomic mass is 10.0. The maximum Gasteiger partial charge on any atom is 0.268 e. The average molecular weight is 621 g/mol. The number of amides is 1. The Hall–Kier alpha value is -0.500. The molecule has 0 heterocycles. The van der Waals surface area contributed by atoms with E-state index in [9.17, 15) is 19.4 Å². The minimum absolute atomic E-state index is 0.0146. The van der Waals surface area contributed by atoms with Crippen molar-refractivity contribution >= 4 is 13.7 Å². The molecule has 0 spiro atoms. The molecule has 0 radical (unpaired) electrons. The number of phosphoric ester groups is 1. The van der Waals surface area contributed by atoms with Crippen LogP contribution < -0.4 is 10.2 Å². The number of nitrogens with zero attached hydrogens (tertiary/aromatic N) is 1. The number of phosphoric acid groups is 1. The van der Waals surface area contributed by atoms with Crippen LogP contribution in [-0.2, 0) is 18.4 Å². The van der Waals surface area contributed by atoms with Crippen molar-refractivity contribution in [3.63, 3.8) is 0 Å². The molecule has 0 aliphatic heterocycles. The van der Waals surface area contributed by atoms with E-state index in [1.54, 1.807) is 0 Å². The number of quaternary nitrogens is 1. The van der Waals surface area contributed by atoms with Gasteiger partial charge in [-0.25, -0.2) is 0 Å². The molecule has 0 bridgehead atoms. The molecule has 0 rings (SSSR count). The second kappa shape index (κ2) is 26.9. The van der Waals surface area contributed by atoms with Gasteiger partial charge < -0.3 is 28.8 Å². The summed E-state index contributed by atoms with van der Waals surface area (Å²) >= 11 is 0. The maximum absolute atomic E-state index is 12.7. The smallest absolute Gasteiger partial charge is 0.268 e. The SMILES string of the molecule is CCCCCCCCCCCCCCCCC(=O)NC(COP(=O)([O-])OCC[N+](C)(C)C)C(O)CCCCCCCC.